The van der Waals surface area contributed by atoms with Gasteiger partial charge in [-0.2, -0.15) is 0 Å². The highest BCUT2D eigenvalue weighted by molar-refractivity contribution is 5.76. The summed E-state index contributed by atoms with van der Waals surface area (Å²) in [5.74, 6) is 0.717. The quantitative estimate of drug-likeness (QED) is 0.665. The third kappa shape index (κ3) is 6.64. The molecule has 0 radical (unpaired) electrons. The zero-order chi connectivity index (χ0) is 12.8. The Labute approximate surface area is 105 Å². The van der Waals surface area contributed by atoms with Crippen molar-refractivity contribution in [2.24, 2.45) is 11.7 Å². The van der Waals surface area contributed by atoms with E-state index in [1.807, 2.05) is 0 Å². The van der Waals surface area contributed by atoms with Crippen LogP contribution in [0.15, 0.2) is 0 Å². The van der Waals surface area contributed by atoms with E-state index in [-0.39, 0.29) is 11.9 Å². The Morgan fingerprint density at radius 3 is 2.59 bits per heavy atom. The van der Waals surface area contributed by atoms with Crippen LogP contribution in [0.4, 0.5) is 0 Å². The number of rotatable bonds is 8. The molecule has 0 aliphatic heterocycles. The lowest BCUT2D eigenvalue weighted by Gasteiger charge is -2.21. The van der Waals surface area contributed by atoms with Gasteiger partial charge in [-0.1, -0.05) is 13.8 Å². The second-order valence-electron chi connectivity index (χ2n) is 5.59. The first-order valence-electron chi connectivity index (χ1n) is 6.72. The van der Waals surface area contributed by atoms with Crippen LogP contribution in [0.5, 0.6) is 0 Å². The monoisotopic (exact) mass is 241 g/mol. The minimum absolute atomic E-state index is 0.188. The van der Waals surface area contributed by atoms with E-state index in [4.69, 9.17) is 5.73 Å². The Morgan fingerprint density at radius 1 is 1.41 bits per heavy atom. The molecule has 1 unspecified atom stereocenters. The van der Waals surface area contributed by atoms with Crippen molar-refractivity contribution in [3.05, 3.63) is 0 Å². The first-order valence-corrected chi connectivity index (χ1v) is 6.72. The van der Waals surface area contributed by atoms with Crippen LogP contribution in [-0.2, 0) is 4.79 Å². The maximum atomic E-state index is 11.5. The van der Waals surface area contributed by atoms with E-state index in [0.717, 1.165) is 32.4 Å². The number of amides is 1. The smallest absolute Gasteiger partial charge is 0.221 e. The lowest BCUT2D eigenvalue weighted by Crippen LogP contribution is -2.34. The first-order chi connectivity index (χ1) is 7.99. The Kier molecular flexibility index (Phi) is 5.92. The largest absolute Gasteiger partial charge is 0.353 e. The van der Waals surface area contributed by atoms with Gasteiger partial charge in [0.05, 0.1) is 0 Å². The van der Waals surface area contributed by atoms with Crippen LogP contribution in [-0.4, -0.2) is 43.0 Å². The van der Waals surface area contributed by atoms with Gasteiger partial charge in [-0.3, -0.25) is 4.79 Å². The van der Waals surface area contributed by atoms with Crippen molar-refractivity contribution in [2.45, 2.75) is 51.6 Å². The fraction of sp³-hybridized carbons (Fsp3) is 0.923. The number of nitrogens with zero attached hydrogens (tertiary/aromatic N) is 1. The molecule has 0 heterocycles. The standard InChI is InChI=1S/C13H27N3O/c1-10(2)12(14)6-8-16(3)9-7-13(17)15-11-4-5-11/h10-12H,4-9,14H2,1-3H3,(H,15,17). The van der Waals surface area contributed by atoms with Gasteiger partial charge in [-0.15, -0.1) is 0 Å². The molecule has 0 aromatic carbocycles. The minimum atomic E-state index is 0.188. The fourth-order valence-corrected chi connectivity index (χ4v) is 1.63. The second kappa shape index (κ2) is 6.97. The Hall–Kier alpha value is -0.610. The van der Waals surface area contributed by atoms with Crippen LogP contribution in [0.25, 0.3) is 0 Å². The van der Waals surface area contributed by atoms with E-state index in [0.29, 0.717) is 18.4 Å². The van der Waals surface area contributed by atoms with Crippen molar-refractivity contribution < 1.29 is 4.79 Å². The highest BCUT2D eigenvalue weighted by Crippen LogP contribution is 2.18. The topological polar surface area (TPSA) is 58.4 Å². The zero-order valence-electron chi connectivity index (χ0n) is 11.4. The summed E-state index contributed by atoms with van der Waals surface area (Å²) in [7, 11) is 2.05. The molecule has 1 atom stereocenters. The molecular weight excluding hydrogens is 214 g/mol. The summed E-state index contributed by atoms with van der Waals surface area (Å²) in [6, 6.07) is 0.736. The van der Waals surface area contributed by atoms with Gasteiger partial charge in [0.25, 0.3) is 0 Å². The molecule has 1 amide bonds. The lowest BCUT2D eigenvalue weighted by atomic mass is 10.0. The van der Waals surface area contributed by atoms with Crippen molar-refractivity contribution in [2.75, 3.05) is 20.1 Å². The van der Waals surface area contributed by atoms with E-state index < -0.39 is 0 Å². The summed E-state index contributed by atoms with van der Waals surface area (Å²) >= 11 is 0. The van der Waals surface area contributed by atoms with Crippen molar-refractivity contribution in [1.29, 1.82) is 0 Å². The van der Waals surface area contributed by atoms with Crippen LogP contribution < -0.4 is 11.1 Å². The second-order valence-corrected chi connectivity index (χ2v) is 5.59. The molecule has 4 nitrogen and oxygen atoms in total. The average molecular weight is 241 g/mol. The van der Waals surface area contributed by atoms with Crippen LogP contribution in [0, 0.1) is 5.92 Å². The van der Waals surface area contributed by atoms with Gasteiger partial charge in [-0.25, -0.2) is 0 Å². The number of nitrogens with two attached hydrogens (primary N) is 1. The highest BCUT2D eigenvalue weighted by Gasteiger charge is 2.22. The third-order valence-electron chi connectivity index (χ3n) is 3.36. The van der Waals surface area contributed by atoms with E-state index >= 15 is 0 Å². The zero-order valence-corrected chi connectivity index (χ0v) is 11.4. The van der Waals surface area contributed by atoms with Crippen LogP contribution in [0.1, 0.15) is 39.5 Å². The maximum absolute atomic E-state index is 11.5. The first kappa shape index (κ1) is 14.5. The van der Waals surface area contributed by atoms with E-state index in [2.05, 4.69) is 31.1 Å². The van der Waals surface area contributed by atoms with Crippen molar-refractivity contribution >= 4 is 5.91 Å². The molecule has 17 heavy (non-hydrogen) atoms. The van der Waals surface area contributed by atoms with Crippen LogP contribution in [0.2, 0.25) is 0 Å². The minimum Gasteiger partial charge on any atom is -0.353 e. The Balaban J connectivity index is 2.03. The molecule has 0 aromatic rings. The normalized spacial score (nSPS) is 17.5. The summed E-state index contributed by atoms with van der Waals surface area (Å²) in [6.45, 7) is 6.08. The molecule has 1 aliphatic rings. The molecule has 0 bridgehead atoms. The summed E-state index contributed by atoms with van der Waals surface area (Å²) in [5, 5.41) is 3.00. The SMILES string of the molecule is CC(C)C(N)CCN(C)CCC(=O)NC1CC1. The number of carbonyl (C=O) groups excluding carboxylic acids is 1. The van der Waals surface area contributed by atoms with Gasteiger partial charge in [0, 0.05) is 25.0 Å². The molecule has 1 saturated carbocycles. The van der Waals surface area contributed by atoms with Crippen LogP contribution in [0.3, 0.4) is 0 Å². The molecule has 3 N–H and O–H groups in total. The molecule has 100 valence electrons. The maximum Gasteiger partial charge on any atom is 0.221 e. The number of hydrogen-bond donors (Lipinski definition) is 2. The van der Waals surface area contributed by atoms with E-state index in [9.17, 15) is 4.79 Å². The molecule has 1 aliphatic carbocycles. The van der Waals surface area contributed by atoms with Gasteiger partial charge < -0.3 is 16.0 Å². The van der Waals surface area contributed by atoms with E-state index in [1.165, 1.54) is 0 Å². The van der Waals surface area contributed by atoms with Crippen molar-refractivity contribution in [1.82, 2.24) is 10.2 Å². The van der Waals surface area contributed by atoms with Crippen molar-refractivity contribution in [3.63, 3.8) is 0 Å². The van der Waals surface area contributed by atoms with Gasteiger partial charge in [0.1, 0.15) is 0 Å². The molecule has 0 saturated heterocycles. The van der Waals surface area contributed by atoms with E-state index in [1.54, 1.807) is 0 Å². The number of hydrogen-bond acceptors (Lipinski definition) is 3. The molecule has 0 aromatic heterocycles. The van der Waals surface area contributed by atoms with Gasteiger partial charge in [0.2, 0.25) is 5.91 Å². The highest BCUT2D eigenvalue weighted by atomic mass is 16.1. The van der Waals surface area contributed by atoms with Crippen LogP contribution >= 0.6 is 0 Å². The molecular formula is C13H27N3O. The molecule has 1 fully saturated rings. The summed E-state index contributed by atoms with van der Waals surface area (Å²) in [5.41, 5.74) is 5.99. The molecule has 0 spiro atoms. The molecule has 1 rings (SSSR count). The summed E-state index contributed by atoms with van der Waals surface area (Å²) in [4.78, 5) is 13.7. The number of carbonyl (C=O) groups is 1. The van der Waals surface area contributed by atoms with Gasteiger partial charge in [0.15, 0.2) is 0 Å². The Bertz CT molecular complexity index is 239. The predicted molar refractivity (Wildman–Crippen MR) is 70.7 cm³/mol. The Morgan fingerprint density at radius 2 is 2.06 bits per heavy atom. The van der Waals surface area contributed by atoms with Gasteiger partial charge in [-0.05, 0) is 38.8 Å². The summed E-state index contributed by atoms with van der Waals surface area (Å²) in [6.07, 6.45) is 3.91. The lowest BCUT2D eigenvalue weighted by molar-refractivity contribution is -0.121. The summed E-state index contributed by atoms with van der Waals surface area (Å²) < 4.78 is 0. The van der Waals surface area contributed by atoms with Crippen molar-refractivity contribution in [3.8, 4) is 0 Å². The fourth-order valence-electron chi connectivity index (χ4n) is 1.63. The number of nitrogens with one attached hydrogen (secondary N) is 1. The predicted octanol–water partition coefficient (Wildman–Crippen LogP) is 0.960. The average Bonchev–Trinajstić information content (AvgIpc) is 3.06. The van der Waals surface area contributed by atoms with Gasteiger partial charge >= 0.3 is 0 Å². The molecule has 4 heteroatoms. The third-order valence-corrected chi connectivity index (χ3v) is 3.36.